The van der Waals surface area contributed by atoms with Gasteiger partial charge in [-0.05, 0) is 43.1 Å². The SMILES string of the molecule is CN(CC(F)F)C1CCc2cc(N)ccc21. The third kappa shape index (κ3) is 2.16. The Balaban J connectivity index is 2.17. The summed E-state index contributed by atoms with van der Waals surface area (Å²) in [5.41, 5.74) is 8.80. The van der Waals surface area contributed by atoms with Gasteiger partial charge >= 0.3 is 0 Å². The van der Waals surface area contributed by atoms with Gasteiger partial charge in [-0.2, -0.15) is 0 Å². The molecule has 0 amide bonds. The topological polar surface area (TPSA) is 29.3 Å². The maximum atomic E-state index is 12.3. The molecule has 2 nitrogen and oxygen atoms in total. The van der Waals surface area contributed by atoms with Crippen molar-refractivity contribution < 1.29 is 8.78 Å². The summed E-state index contributed by atoms with van der Waals surface area (Å²) in [4.78, 5) is 1.73. The Morgan fingerprint density at radius 1 is 1.50 bits per heavy atom. The van der Waals surface area contributed by atoms with Crippen LogP contribution in [0.25, 0.3) is 0 Å². The van der Waals surface area contributed by atoms with Gasteiger partial charge in [0, 0.05) is 11.7 Å². The number of benzene rings is 1. The molecule has 1 aliphatic rings. The third-order valence-corrected chi connectivity index (χ3v) is 3.17. The van der Waals surface area contributed by atoms with E-state index in [9.17, 15) is 8.78 Å². The molecule has 4 heteroatoms. The van der Waals surface area contributed by atoms with Gasteiger partial charge in [-0.1, -0.05) is 6.07 Å². The van der Waals surface area contributed by atoms with Crippen LogP contribution in [-0.4, -0.2) is 24.9 Å². The van der Waals surface area contributed by atoms with Crippen molar-refractivity contribution in [3.63, 3.8) is 0 Å². The highest BCUT2D eigenvalue weighted by Crippen LogP contribution is 2.36. The first-order valence-corrected chi connectivity index (χ1v) is 5.44. The fourth-order valence-corrected chi connectivity index (χ4v) is 2.42. The van der Waals surface area contributed by atoms with Crippen LogP contribution in [0.15, 0.2) is 18.2 Å². The van der Waals surface area contributed by atoms with Gasteiger partial charge < -0.3 is 5.73 Å². The number of aryl methyl sites for hydroxylation is 1. The van der Waals surface area contributed by atoms with E-state index in [1.165, 1.54) is 5.56 Å². The van der Waals surface area contributed by atoms with E-state index < -0.39 is 6.43 Å². The van der Waals surface area contributed by atoms with E-state index in [0.717, 1.165) is 24.1 Å². The van der Waals surface area contributed by atoms with Gasteiger partial charge in [-0.3, -0.25) is 4.90 Å². The van der Waals surface area contributed by atoms with Crippen LogP contribution in [0.5, 0.6) is 0 Å². The molecule has 2 rings (SSSR count). The molecule has 0 fully saturated rings. The first-order valence-electron chi connectivity index (χ1n) is 5.44. The van der Waals surface area contributed by atoms with Crippen LogP contribution in [0, 0.1) is 0 Å². The van der Waals surface area contributed by atoms with Gasteiger partial charge in [-0.25, -0.2) is 8.78 Å². The predicted molar refractivity (Wildman–Crippen MR) is 60.6 cm³/mol. The molecule has 0 spiro atoms. The van der Waals surface area contributed by atoms with Crippen molar-refractivity contribution in [3.8, 4) is 0 Å². The number of alkyl halides is 2. The normalized spacial score (nSPS) is 19.4. The molecule has 2 N–H and O–H groups in total. The van der Waals surface area contributed by atoms with Crippen LogP contribution < -0.4 is 5.73 Å². The number of halogens is 2. The number of nitrogen functional groups attached to an aromatic ring is 1. The predicted octanol–water partition coefficient (Wildman–Crippen LogP) is 2.45. The second-order valence-corrected chi connectivity index (χ2v) is 4.34. The quantitative estimate of drug-likeness (QED) is 0.802. The second-order valence-electron chi connectivity index (χ2n) is 4.34. The van der Waals surface area contributed by atoms with Crippen molar-refractivity contribution in [1.29, 1.82) is 0 Å². The fraction of sp³-hybridized carbons (Fsp3) is 0.500. The lowest BCUT2D eigenvalue weighted by Crippen LogP contribution is -2.28. The Hall–Kier alpha value is -1.16. The second kappa shape index (κ2) is 4.37. The number of hydrogen-bond acceptors (Lipinski definition) is 2. The zero-order chi connectivity index (χ0) is 11.7. The molecule has 0 aliphatic heterocycles. The molecule has 1 aromatic carbocycles. The number of anilines is 1. The maximum absolute atomic E-state index is 12.3. The zero-order valence-corrected chi connectivity index (χ0v) is 9.29. The van der Waals surface area contributed by atoms with Crippen molar-refractivity contribution in [2.75, 3.05) is 19.3 Å². The number of nitrogens with zero attached hydrogens (tertiary/aromatic N) is 1. The lowest BCUT2D eigenvalue weighted by molar-refractivity contribution is 0.0808. The summed E-state index contributed by atoms with van der Waals surface area (Å²) in [5.74, 6) is 0. The molecular formula is C12H16F2N2. The van der Waals surface area contributed by atoms with Crippen LogP contribution in [0.2, 0.25) is 0 Å². The molecule has 1 atom stereocenters. The van der Waals surface area contributed by atoms with Crippen LogP contribution in [0.4, 0.5) is 14.5 Å². The highest BCUT2D eigenvalue weighted by Gasteiger charge is 2.27. The molecule has 1 unspecified atom stereocenters. The zero-order valence-electron chi connectivity index (χ0n) is 9.29. The van der Waals surface area contributed by atoms with Crippen LogP contribution in [-0.2, 0) is 6.42 Å². The van der Waals surface area contributed by atoms with Crippen molar-refractivity contribution in [1.82, 2.24) is 4.90 Å². The average Bonchev–Trinajstić information content (AvgIpc) is 2.59. The van der Waals surface area contributed by atoms with Crippen molar-refractivity contribution in [2.45, 2.75) is 25.3 Å². The average molecular weight is 226 g/mol. The molecule has 0 aromatic heterocycles. The highest BCUT2D eigenvalue weighted by atomic mass is 19.3. The van der Waals surface area contributed by atoms with Crippen molar-refractivity contribution >= 4 is 5.69 Å². The summed E-state index contributed by atoms with van der Waals surface area (Å²) in [7, 11) is 1.75. The number of nitrogens with two attached hydrogens (primary N) is 1. The van der Waals surface area contributed by atoms with E-state index in [1.54, 1.807) is 11.9 Å². The molecule has 88 valence electrons. The Kier molecular flexibility index (Phi) is 3.10. The van der Waals surface area contributed by atoms with E-state index in [1.807, 2.05) is 18.2 Å². The Morgan fingerprint density at radius 2 is 2.25 bits per heavy atom. The minimum Gasteiger partial charge on any atom is -0.399 e. The minimum atomic E-state index is -2.28. The van der Waals surface area contributed by atoms with Gasteiger partial charge in [0.25, 0.3) is 6.43 Å². The molecule has 0 saturated heterocycles. The largest absolute Gasteiger partial charge is 0.399 e. The van der Waals surface area contributed by atoms with Gasteiger partial charge in [-0.15, -0.1) is 0 Å². The summed E-state index contributed by atoms with van der Waals surface area (Å²) in [6.45, 7) is -0.172. The lowest BCUT2D eigenvalue weighted by atomic mass is 10.1. The van der Waals surface area contributed by atoms with E-state index in [2.05, 4.69) is 0 Å². The third-order valence-electron chi connectivity index (χ3n) is 3.17. The molecular weight excluding hydrogens is 210 g/mol. The molecule has 0 heterocycles. The molecule has 0 radical (unpaired) electrons. The van der Waals surface area contributed by atoms with Crippen molar-refractivity contribution in [2.24, 2.45) is 0 Å². The summed E-state index contributed by atoms with van der Waals surface area (Å²) >= 11 is 0. The number of rotatable bonds is 3. The number of hydrogen-bond donors (Lipinski definition) is 1. The van der Waals surface area contributed by atoms with Gasteiger partial charge in [0.1, 0.15) is 0 Å². The lowest BCUT2D eigenvalue weighted by Gasteiger charge is -2.24. The van der Waals surface area contributed by atoms with Crippen LogP contribution in [0.3, 0.4) is 0 Å². The maximum Gasteiger partial charge on any atom is 0.251 e. The Morgan fingerprint density at radius 3 is 2.94 bits per heavy atom. The molecule has 1 aromatic rings. The summed E-state index contributed by atoms with van der Waals surface area (Å²) in [6, 6.07) is 5.87. The van der Waals surface area contributed by atoms with E-state index in [4.69, 9.17) is 5.73 Å². The van der Waals surface area contributed by atoms with Crippen LogP contribution in [0.1, 0.15) is 23.6 Å². The van der Waals surface area contributed by atoms with E-state index >= 15 is 0 Å². The van der Waals surface area contributed by atoms with Crippen LogP contribution >= 0.6 is 0 Å². The Labute approximate surface area is 94.0 Å². The number of fused-ring (bicyclic) bond motifs is 1. The fourth-order valence-electron chi connectivity index (χ4n) is 2.42. The van der Waals surface area contributed by atoms with Gasteiger partial charge in [0.15, 0.2) is 0 Å². The van der Waals surface area contributed by atoms with E-state index in [0.29, 0.717) is 0 Å². The molecule has 16 heavy (non-hydrogen) atoms. The smallest absolute Gasteiger partial charge is 0.251 e. The van der Waals surface area contributed by atoms with Gasteiger partial charge in [0.05, 0.1) is 6.54 Å². The summed E-state index contributed by atoms with van der Waals surface area (Å²) in [5, 5.41) is 0. The molecule has 0 bridgehead atoms. The monoisotopic (exact) mass is 226 g/mol. The van der Waals surface area contributed by atoms with E-state index in [-0.39, 0.29) is 12.6 Å². The highest BCUT2D eigenvalue weighted by molar-refractivity contribution is 5.47. The Bertz CT molecular complexity index is 379. The summed E-state index contributed by atoms with van der Waals surface area (Å²) < 4.78 is 24.6. The first-order chi connectivity index (χ1) is 7.58. The molecule has 1 aliphatic carbocycles. The standard InChI is InChI=1S/C12H16F2N2/c1-16(7-12(13)14)11-5-2-8-6-9(15)3-4-10(8)11/h3-4,6,11-12H,2,5,7,15H2,1H3. The molecule has 0 saturated carbocycles. The first kappa shape index (κ1) is 11.3. The minimum absolute atomic E-state index is 0.115. The summed E-state index contributed by atoms with van der Waals surface area (Å²) in [6.07, 6.45) is -0.441. The van der Waals surface area contributed by atoms with Crippen molar-refractivity contribution in [3.05, 3.63) is 29.3 Å². The van der Waals surface area contributed by atoms with Gasteiger partial charge in [0.2, 0.25) is 0 Å².